The SMILES string of the molecule is COc1cc(CNS(=O)(=O)c2c(Br)cc(F)cc2Br)ccn1. The number of hydrogen-bond donors (Lipinski definition) is 1. The molecule has 0 amide bonds. The van der Waals surface area contributed by atoms with Crippen LogP contribution in [-0.2, 0) is 16.6 Å². The van der Waals surface area contributed by atoms with Crippen molar-refractivity contribution in [1.29, 1.82) is 0 Å². The fourth-order valence-electron chi connectivity index (χ4n) is 1.71. The van der Waals surface area contributed by atoms with Crippen LogP contribution in [0, 0.1) is 5.82 Å². The second-order valence-electron chi connectivity index (χ2n) is 4.23. The number of hydrogen-bond acceptors (Lipinski definition) is 4. The largest absolute Gasteiger partial charge is 0.481 e. The van der Waals surface area contributed by atoms with Crippen LogP contribution in [0.2, 0.25) is 0 Å². The molecule has 0 atom stereocenters. The maximum atomic E-state index is 13.2. The average Bonchev–Trinajstić information content (AvgIpc) is 2.44. The Hall–Kier alpha value is -1.03. The van der Waals surface area contributed by atoms with Crippen LogP contribution in [0.1, 0.15) is 5.56 Å². The molecule has 2 aromatic rings. The van der Waals surface area contributed by atoms with Crippen molar-refractivity contribution in [2.24, 2.45) is 0 Å². The molecule has 2 rings (SSSR count). The van der Waals surface area contributed by atoms with Gasteiger partial charge in [0.15, 0.2) is 0 Å². The summed E-state index contributed by atoms with van der Waals surface area (Å²) < 4.78 is 45.7. The van der Waals surface area contributed by atoms with Crippen LogP contribution in [0.4, 0.5) is 4.39 Å². The number of nitrogens with zero attached hydrogens (tertiary/aromatic N) is 1. The van der Waals surface area contributed by atoms with Gasteiger partial charge in [0.1, 0.15) is 10.7 Å². The van der Waals surface area contributed by atoms with E-state index in [1.165, 1.54) is 13.3 Å². The van der Waals surface area contributed by atoms with Crippen LogP contribution >= 0.6 is 31.9 Å². The van der Waals surface area contributed by atoms with Crippen LogP contribution in [0.15, 0.2) is 44.3 Å². The van der Waals surface area contributed by atoms with Gasteiger partial charge in [-0.3, -0.25) is 0 Å². The predicted molar refractivity (Wildman–Crippen MR) is 86.6 cm³/mol. The minimum Gasteiger partial charge on any atom is -0.481 e. The van der Waals surface area contributed by atoms with E-state index in [0.717, 1.165) is 12.1 Å². The van der Waals surface area contributed by atoms with Gasteiger partial charge in [-0.2, -0.15) is 0 Å². The minimum absolute atomic E-state index is 0.0530. The van der Waals surface area contributed by atoms with E-state index in [1.54, 1.807) is 12.1 Å². The molecule has 1 aromatic carbocycles. The highest BCUT2D eigenvalue weighted by Crippen LogP contribution is 2.31. The lowest BCUT2D eigenvalue weighted by Gasteiger charge is -2.11. The molecule has 0 aliphatic heterocycles. The Morgan fingerprint density at radius 1 is 1.27 bits per heavy atom. The highest BCUT2D eigenvalue weighted by atomic mass is 79.9. The lowest BCUT2D eigenvalue weighted by Crippen LogP contribution is -2.24. The molecule has 5 nitrogen and oxygen atoms in total. The fourth-order valence-corrected chi connectivity index (χ4v) is 5.25. The molecule has 0 radical (unpaired) electrons. The monoisotopic (exact) mass is 452 g/mol. The first-order valence-electron chi connectivity index (χ1n) is 5.96. The summed E-state index contributed by atoms with van der Waals surface area (Å²) in [5.41, 5.74) is 0.685. The summed E-state index contributed by atoms with van der Waals surface area (Å²) in [5.74, 6) is -0.155. The molecule has 118 valence electrons. The standard InChI is InChI=1S/C13H11Br2FN2O3S/c1-21-12-4-8(2-3-17-12)7-18-22(19,20)13-10(14)5-9(16)6-11(13)15/h2-6,18H,7H2,1H3. The number of aromatic nitrogens is 1. The summed E-state index contributed by atoms with van der Waals surface area (Å²) in [6.45, 7) is 0.0530. The van der Waals surface area contributed by atoms with Crippen molar-refractivity contribution in [3.8, 4) is 5.88 Å². The molecule has 22 heavy (non-hydrogen) atoms. The van der Waals surface area contributed by atoms with Gasteiger partial charge in [0.25, 0.3) is 0 Å². The molecule has 0 aliphatic rings. The summed E-state index contributed by atoms with van der Waals surface area (Å²) in [7, 11) is -2.35. The van der Waals surface area contributed by atoms with Gasteiger partial charge >= 0.3 is 0 Å². The van der Waals surface area contributed by atoms with Gasteiger partial charge in [0.2, 0.25) is 15.9 Å². The molecule has 0 unspecified atom stereocenters. The van der Waals surface area contributed by atoms with E-state index in [0.29, 0.717) is 11.4 Å². The first-order chi connectivity index (χ1) is 10.3. The molecule has 0 saturated heterocycles. The maximum absolute atomic E-state index is 13.2. The third-order valence-corrected chi connectivity index (χ3v) is 5.98. The zero-order valence-electron chi connectivity index (χ0n) is 11.3. The highest BCUT2D eigenvalue weighted by Gasteiger charge is 2.22. The number of sulfonamides is 1. The van der Waals surface area contributed by atoms with Crippen molar-refractivity contribution in [2.75, 3.05) is 7.11 Å². The smallest absolute Gasteiger partial charge is 0.243 e. The highest BCUT2D eigenvalue weighted by molar-refractivity contribution is 9.11. The first-order valence-corrected chi connectivity index (χ1v) is 9.03. The maximum Gasteiger partial charge on any atom is 0.243 e. The number of nitrogens with one attached hydrogen (secondary N) is 1. The van der Waals surface area contributed by atoms with Crippen LogP contribution in [-0.4, -0.2) is 20.5 Å². The Balaban J connectivity index is 2.25. The lowest BCUT2D eigenvalue weighted by molar-refractivity contribution is 0.397. The summed E-state index contributed by atoms with van der Waals surface area (Å²) >= 11 is 6.13. The number of halogens is 3. The summed E-state index contributed by atoms with van der Waals surface area (Å²) in [6, 6.07) is 5.47. The van der Waals surface area contributed by atoms with Gasteiger partial charge in [-0.1, -0.05) is 0 Å². The first kappa shape index (κ1) is 17.3. The fraction of sp³-hybridized carbons (Fsp3) is 0.154. The number of rotatable bonds is 5. The van der Waals surface area contributed by atoms with Gasteiger partial charge in [0.05, 0.1) is 7.11 Å². The van der Waals surface area contributed by atoms with Gasteiger partial charge in [0, 0.05) is 27.8 Å². The summed E-state index contributed by atoms with van der Waals surface area (Å²) in [4.78, 5) is 3.88. The van der Waals surface area contributed by atoms with Crippen molar-refractivity contribution in [3.63, 3.8) is 0 Å². The van der Waals surface area contributed by atoms with Crippen LogP contribution in [0.5, 0.6) is 5.88 Å². The third-order valence-electron chi connectivity index (χ3n) is 2.71. The zero-order valence-corrected chi connectivity index (χ0v) is 15.3. The van der Waals surface area contributed by atoms with Crippen molar-refractivity contribution < 1.29 is 17.5 Å². The predicted octanol–water partition coefficient (Wildman–Crippen LogP) is 3.23. The minimum atomic E-state index is -3.83. The van der Waals surface area contributed by atoms with E-state index in [-0.39, 0.29) is 20.4 Å². The molecule has 1 heterocycles. The van der Waals surface area contributed by atoms with Crippen molar-refractivity contribution in [2.45, 2.75) is 11.4 Å². The summed E-state index contributed by atoms with van der Waals surface area (Å²) in [6.07, 6.45) is 1.52. The Morgan fingerprint density at radius 2 is 1.91 bits per heavy atom. The molecule has 1 aromatic heterocycles. The van der Waals surface area contributed by atoms with Gasteiger partial charge < -0.3 is 4.74 Å². The molecule has 0 fully saturated rings. The van der Waals surface area contributed by atoms with Crippen molar-refractivity contribution in [3.05, 3.63) is 50.8 Å². The number of methoxy groups -OCH3 is 1. The van der Waals surface area contributed by atoms with E-state index >= 15 is 0 Å². The van der Waals surface area contributed by atoms with Gasteiger partial charge in [-0.15, -0.1) is 0 Å². The number of ether oxygens (including phenoxy) is 1. The van der Waals surface area contributed by atoms with E-state index in [1.807, 2.05) is 0 Å². The van der Waals surface area contributed by atoms with E-state index in [9.17, 15) is 12.8 Å². The van der Waals surface area contributed by atoms with Gasteiger partial charge in [-0.25, -0.2) is 22.5 Å². The lowest BCUT2D eigenvalue weighted by atomic mass is 10.3. The second-order valence-corrected chi connectivity index (χ2v) is 7.64. The number of pyridine rings is 1. The topological polar surface area (TPSA) is 68.3 Å². The Kier molecular flexibility index (Phi) is 5.54. The molecular formula is C13H11Br2FN2O3S. The van der Waals surface area contributed by atoms with Crippen LogP contribution in [0.25, 0.3) is 0 Å². The van der Waals surface area contributed by atoms with E-state index in [4.69, 9.17) is 4.74 Å². The average molecular weight is 454 g/mol. The quantitative estimate of drug-likeness (QED) is 0.754. The van der Waals surface area contributed by atoms with Crippen LogP contribution < -0.4 is 9.46 Å². The zero-order chi connectivity index (χ0) is 16.3. The molecular weight excluding hydrogens is 443 g/mol. The molecule has 1 N–H and O–H groups in total. The Morgan fingerprint density at radius 3 is 2.50 bits per heavy atom. The van der Waals surface area contributed by atoms with E-state index in [2.05, 4.69) is 41.6 Å². The van der Waals surface area contributed by atoms with Gasteiger partial charge in [-0.05, 0) is 55.6 Å². The Labute approximate surface area is 144 Å². The van der Waals surface area contributed by atoms with Crippen LogP contribution in [0.3, 0.4) is 0 Å². The normalized spacial score (nSPS) is 11.5. The van der Waals surface area contributed by atoms with Crippen molar-refractivity contribution in [1.82, 2.24) is 9.71 Å². The third kappa shape index (κ3) is 4.03. The van der Waals surface area contributed by atoms with E-state index < -0.39 is 15.8 Å². The molecule has 0 aliphatic carbocycles. The second kappa shape index (κ2) is 7.03. The number of benzene rings is 1. The molecule has 0 bridgehead atoms. The molecule has 0 saturated carbocycles. The van der Waals surface area contributed by atoms with Crippen molar-refractivity contribution >= 4 is 41.9 Å². The molecule has 9 heteroatoms. The molecule has 0 spiro atoms. The Bertz CT molecular complexity index is 777. The summed E-state index contributed by atoms with van der Waals surface area (Å²) in [5, 5.41) is 0.